The molecule has 27 heavy (non-hydrogen) atoms. The zero-order valence-electron chi connectivity index (χ0n) is 14.5. The molecule has 0 aliphatic carbocycles. The molecule has 0 aliphatic rings. The number of aryl methyl sites for hydroxylation is 1. The van der Waals surface area contributed by atoms with E-state index in [1.54, 1.807) is 35.9 Å². The van der Waals surface area contributed by atoms with Gasteiger partial charge in [0.2, 0.25) is 5.78 Å². The van der Waals surface area contributed by atoms with Crippen LogP contribution in [0.4, 0.5) is 0 Å². The molecule has 0 aromatic carbocycles. The minimum Gasteiger partial charge on any atom is -0.363 e. The topological polar surface area (TPSA) is 120 Å². The summed E-state index contributed by atoms with van der Waals surface area (Å²) < 4.78 is 1.58. The van der Waals surface area contributed by atoms with Crippen molar-refractivity contribution >= 4 is 28.9 Å². The Kier molecular flexibility index (Phi) is 5.41. The molecule has 8 nitrogen and oxygen atoms in total. The first kappa shape index (κ1) is 18.5. The lowest BCUT2D eigenvalue weighted by molar-refractivity contribution is -0.137. The Morgan fingerprint density at radius 2 is 2.04 bits per heavy atom. The van der Waals surface area contributed by atoms with Crippen LogP contribution < -0.4 is 11.1 Å². The number of nitrogens with two attached hydrogens (primary N) is 1. The molecule has 0 spiro atoms. The first-order chi connectivity index (χ1) is 13.0. The quantitative estimate of drug-likeness (QED) is 0.591. The number of primary amides is 1. The molecule has 3 aromatic rings. The first-order valence-electron chi connectivity index (χ1n) is 8.10. The molecular weight excluding hydrogens is 366 g/mol. The van der Waals surface area contributed by atoms with Crippen LogP contribution in [0.15, 0.2) is 48.1 Å². The molecular formula is C18H17N5O3S. The molecule has 0 saturated carbocycles. The summed E-state index contributed by atoms with van der Waals surface area (Å²) in [5, 5.41) is 4.45. The van der Waals surface area contributed by atoms with Gasteiger partial charge >= 0.3 is 0 Å². The van der Waals surface area contributed by atoms with Crippen LogP contribution in [0.25, 0.3) is 5.82 Å². The van der Waals surface area contributed by atoms with E-state index in [-0.39, 0.29) is 12.1 Å². The Balaban J connectivity index is 1.88. The van der Waals surface area contributed by atoms with Gasteiger partial charge in [-0.2, -0.15) is 0 Å². The maximum Gasteiger partial charge on any atom is 0.287 e. The summed E-state index contributed by atoms with van der Waals surface area (Å²) in [6.45, 7) is 1.74. The van der Waals surface area contributed by atoms with Crippen molar-refractivity contribution < 1.29 is 14.4 Å². The highest BCUT2D eigenvalue weighted by molar-refractivity contribution is 7.09. The van der Waals surface area contributed by atoms with Gasteiger partial charge < -0.3 is 11.1 Å². The number of nitrogens with zero attached hydrogens (tertiary/aromatic N) is 3. The SMILES string of the molecule is Cc1ncc(C(=O)NC(Cc2cccs2)C(=O)C(N)=O)n1-c1ccccn1. The number of imidazole rings is 1. The van der Waals surface area contributed by atoms with E-state index in [1.165, 1.54) is 17.5 Å². The third kappa shape index (κ3) is 4.09. The summed E-state index contributed by atoms with van der Waals surface area (Å²) >= 11 is 1.42. The van der Waals surface area contributed by atoms with Crippen LogP contribution >= 0.6 is 11.3 Å². The Hall–Kier alpha value is -3.33. The van der Waals surface area contributed by atoms with Crippen molar-refractivity contribution in [2.75, 3.05) is 0 Å². The molecule has 1 unspecified atom stereocenters. The highest BCUT2D eigenvalue weighted by Crippen LogP contribution is 2.15. The van der Waals surface area contributed by atoms with Gasteiger partial charge in [-0.1, -0.05) is 12.1 Å². The minimum atomic E-state index is -1.09. The number of hydrogen-bond acceptors (Lipinski definition) is 6. The molecule has 0 fully saturated rings. The normalized spacial score (nSPS) is 11.7. The fraction of sp³-hybridized carbons (Fsp3) is 0.167. The van der Waals surface area contributed by atoms with Gasteiger partial charge in [-0.25, -0.2) is 9.97 Å². The first-order valence-corrected chi connectivity index (χ1v) is 8.98. The van der Waals surface area contributed by atoms with Crippen LogP contribution in [0.5, 0.6) is 0 Å². The summed E-state index contributed by atoms with van der Waals surface area (Å²) in [5.74, 6) is -1.40. The van der Waals surface area contributed by atoms with Gasteiger partial charge in [-0.15, -0.1) is 11.3 Å². The molecule has 3 N–H and O–H groups in total. The number of carbonyl (C=O) groups is 3. The van der Waals surface area contributed by atoms with E-state index in [1.807, 2.05) is 17.5 Å². The number of Topliss-reactive ketones (excluding diaryl/α,β-unsaturated/α-hetero) is 1. The lowest BCUT2D eigenvalue weighted by Crippen LogP contribution is -2.47. The minimum absolute atomic E-state index is 0.182. The highest BCUT2D eigenvalue weighted by atomic mass is 32.1. The smallest absolute Gasteiger partial charge is 0.287 e. The summed E-state index contributed by atoms with van der Waals surface area (Å²) in [6, 6.07) is 7.88. The monoisotopic (exact) mass is 383 g/mol. The maximum atomic E-state index is 12.8. The van der Waals surface area contributed by atoms with E-state index in [0.717, 1.165) is 4.88 Å². The van der Waals surface area contributed by atoms with Gasteiger partial charge in [0, 0.05) is 17.5 Å². The number of pyridine rings is 1. The van der Waals surface area contributed by atoms with Crippen LogP contribution in [0, 0.1) is 6.92 Å². The second kappa shape index (κ2) is 7.92. The molecule has 3 heterocycles. The Morgan fingerprint density at radius 1 is 1.22 bits per heavy atom. The van der Waals surface area contributed by atoms with Crippen LogP contribution in [-0.2, 0) is 16.0 Å². The molecule has 3 rings (SSSR count). The van der Waals surface area contributed by atoms with Crippen molar-refractivity contribution in [2.45, 2.75) is 19.4 Å². The van der Waals surface area contributed by atoms with E-state index < -0.39 is 23.6 Å². The average molecular weight is 383 g/mol. The number of thiophene rings is 1. The maximum absolute atomic E-state index is 12.8. The van der Waals surface area contributed by atoms with Gasteiger partial charge in [-0.3, -0.25) is 19.0 Å². The Bertz CT molecular complexity index is 966. The van der Waals surface area contributed by atoms with Crippen LogP contribution in [0.2, 0.25) is 0 Å². The summed E-state index contributed by atoms with van der Waals surface area (Å²) in [4.78, 5) is 45.6. The standard InChI is InChI=1S/C18H17N5O3S/c1-11-21-10-14(23(11)15-6-2-3-7-20-15)18(26)22-13(16(24)17(19)25)9-12-5-4-8-27-12/h2-8,10,13H,9H2,1H3,(H2,19,25)(H,22,26). The number of aromatic nitrogens is 3. The van der Waals surface area contributed by atoms with Crippen molar-refractivity contribution in [2.24, 2.45) is 5.73 Å². The largest absolute Gasteiger partial charge is 0.363 e. The second-order valence-electron chi connectivity index (χ2n) is 5.75. The average Bonchev–Trinajstić information content (AvgIpc) is 3.30. The molecule has 2 amide bonds. The summed E-state index contributed by atoms with van der Waals surface area (Å²) in [7, 11) is 0. The number of nitrogens with one attached hydrogen (secondary N) is 1. The number of rotatable bonds is 7. The number of hydrogen-bond donors (Lipinski definition) is 2. The van der Waals surface area contributed by atoms with Crippen LogP contribution in [0.3, 0.4) is 0 Å². The van der Waals surface area contributed by atoms with Gasteiger partial charge in [0.1, 0.15) is 23.4 Å². The third-order valence-corrected chi connectivity index (χ3v) is 4.80. The zero-order valence-corrected chi connectivity index (χ0v) is 15.3. The zero-order chi connectivity index (χ0) is 19.4. The lowest BCUT2D eigenvalue weighted by Gasteiger charge is -2.16. The van der Waals surface area contributed by atoms with E-state index in [4.69, 9.17) is 5.73 Å². The predicted molar refractivity (Wildman–Crippen MR) is 99.6 cm³/mol. The molecule has 0 bridgehead atoms. The Labute approximate surface area is 159 Å². The Morgan fingerprint density at radius 3 is 2.67 bits per heavy atom. The van der Waals surface area contributed by atoms with Crippen molar-refractivity contribution in [3.63, 3.8) is 0 Å². The summed E-state index contributed by atoms with van der Waals surface area (Å²) in [6.07, 6.45) is 3.19. The van der Waals surface area contributed by atoms with Crippen LogP contribution in [0.1, 0.15) is 21.2 Å². The lowest BCUT2D eigenvalue weighted by atomic mass is 10.1. The predicted octanol–water partition coefficient (Wildman–Crippen LogP) is 1.03. The molecule has 1 atom stereocenters. The van der Waals surface area contributed by atoms with Gasteiger partial charge in [0.25, 0.3) is 11.8 Å². The van der Waals surface area contributed by atoms with E-state index in [0.29, 0.717) is 11.6 Å². The molecule has 9 heteroatoms. The number of ketones is 1. The number of carbonyl (C=O) groups excluding carboxylic acids is 3. The van der Waals surface area contributed by atoms with Gasteiger partial charge in [-0.05, 0) is 30.5 Å². The fourth-order valence-corrected chi connectivity index (χ4v) is 3.37. The van der Waals surface area contributed by atoms with Crippen molar-refractivity contribution in [3.05, 3.63) is 64.5 Å². The van der Waals surface area contributed by atoms with Gasteiger partial charge in [0.05, 0.1) is 6.20 Å². The van der Waals surface area contributed by atoms with Crippen molar-refractivity contribution in [3.8, 4) is 5.82 Å². The second-order valence-corrected chi connectivity index (χ2v) is 6.78. The third-order valence-electron chi connectivity index (χ3n) is 3.90. The molecule has 0 saturated heterocycles. The fourth-order valence-electron chi connectivity index (χ4n) is 2.62. The van der Waals surface area contributed by atoms with E-state index in [9.17, 15) is 14.4 Å². The molecule has 3 aromatic heterocycles. The van der Waals surface area contributed by atoms with Crippen molar-refractivity contribution in [1.82, 2.24) is 19.9 Å². The van der Waals surface area contributed by atoms with E-state index in [2.05, 4.69) is 15.3 Å². The molecule has 138 valence electrons. The van der Waals surface area contributed by atoms with Gasteiger partial charge in [0.15, 0.2) is 0 Å². The van der Waals surface area contributed by atoms with Crippen molar-refractivity contribution in [1.29, 1.82) is 0 Å². The summed E-state index contributed by atoms with van der Waals surface area (Å²) in [5.41, 5.74) is 5.35. The highest BCUT2D eigenvalue weighted by Gasteiger charge is 2.28. The molecule has 0 radical (unpaired) electrons. The number of amides is 2. The van der Waals surface area contributed by atoms with E-state index >= 15 is 0 Å². The molecule has 0 aliphatic heterocycles. The van der Waals surface area contributed by atoms with Crippen LogP contribution in [-0.4, -0.2) is 38.2 Å².